The molecule has 0 aliphatic carbocycles. The fourth-order valence-corrected chi connectivity index (χ4v) is 4.25. The van der Waals surface area contributed by atoms with Crippen LogP contribution >= 0.6 is 12.2 Å². The van der Waals surface area contributed by atoms with Gasteiger partial charge in [-0.15, -0.1) is 0 Å². The van der Waals surface area contributed by atoms with Gasteiger partial charge in [-0.1, -0.05) is 30.3 Å². The van der Waals surface area contributed by atoms with Crippen molar-refractivity contribution in [3.8, 4) is 0 Å². The second-order valence-electron chi connectivity index (χ2n) is 6.69. The van der Waals surface area contributed by atoms with Gasteiger partial charge in [-0.05, 0) is 60.7 Å². The Kier molecular flexibility index (Phi) is 6.11. The lowest BCUT2D eigenvalue weighted by atomic mass is 10.2. The van der Waals surface area contributed by atoms with Crippen LogP contribution in [-0.4, -0.2) is 19.7 Å². The van der Waals surface area contributed by atoms with Gasteiger partial charge in [-0.25, -0.2) is 8.42 Å². The topological polar surface area (TPSA) is 101 Å². The summed E-state index contributed by atoms with van der Waals surface area (Å²) in [6, 6.07) is 21.8. The minimum Gasteiger partial charge on any atom is -0.463 e. The quantitative estimate of drug-likeness (QED) is 0.340. The summed E-state index contributed by atoms with van der Waals surface area (Å²) in [7, 11) is -3.87. The third-order valence-corrected chi connectivity index (χ3v) is 6.16. The highest BCUT2D eigenvalue weighted by Gasteiger charge is 2.15. The molecule has 160 valence electrons. The zero-order chi connectivity index (χ0) is 22.6. The third kappa shape index (κ3) is 4.90. The molecular formula is C23H17N3O4S2. The van der Waals surface area contributed by atoms with Crippen molar-refractivity contribution in [1.29, 1.82) is 0 Å². The van der Waals surface area contributed by atoms with Crippen molar-refractivity contribution in [3.63, 3.8) is 0 Å². The van der Waals surface area contributed by atoms with Crippen molar-refractivity contribution < 1.29 is 12.8 Å². The van der Waals surface area contributed by atoms with Crippen LogP contribution < -0.4 is 15.5 Å². The summed E-state index contributed by atoms with van der Waals surface area (Å²) in [5, 5.41) is 3.24. The van der Waals surface area contributed by atoms with E-state index in [9.17, 15) is 13.2 Å². The Morgan fingerprint density at radius 2 is 1.62 bits per heavy atom. The van der Waals surface area contributed by atoms with Crippen molar-refractivity contribution in [3.05, 3.63) is 101 Å². The number of nitrogens with zero attached hydrogens (tertiary/aromatic N) is 1. The van der Waals surface area contributed by atoms with Gasteiger partial charge in [0.25, 0.3) is 10.0 Å². The molecule has 4 aromatic rings. The van der Waals surface area contributed by atoms with E-state index in [2.05, 4.69) is 15.0 Å². The molecule has 0 fully saturated rings. The highest BCUT2D eigenvalue weighted by molar-refractivity contribution is 7.92. The summed E-state index contributed by atoms with van der Waals surface area (Å²) in [4.78, 5) is 16.8. The number of rotatable bonds is 5. The standard InChI is InChI=1S/C23H17N3O4S2/c27-22-16(15-30-21-9-5-4-8-20(21)22)14-24-17-10-12-19(13-11-17)32(28,29)26-23(31)25-18-6-2-1-3-7-18/h1-15H,(H2,25,26,31). The molecule has 0 saturated carbocycles. The molecule has 1 heterocycles. The number of para-hydroxylation sites is 2. The highest BCUT2D eigenvalue weighted by Crippen LogP contribution is 2.17. The molecule has 9 heteroatoms. The summed E-state index contributed by atoms with van der Waals surface area (Å²) in [5.41, 5.74) is 1.73. The molecule has 0 bridgehead atoms. The predicted octanol–water partition coefficient (Wildman–Crippen LogP) is 4.22. The van der Waals surface area contributed by atoms with Gasteiger partial charge in [0, 0.05) is 11.9 Å². The van der Waals surface area contributed by atoms with E-state index >= 15 is 0 Å². The second-order valence-corrected chi connectivity index (χ2v) is 8.78. The number of hydrogen-bond donors (Lipinski definition) is 2. The number of anilines is 1. The fraction of sp³-hybridized carbons (Fsp3) is 0. The molecule has 0 atom stereocenters. The molecule has 3 aromatic carbocycles. The van der Waals surface area contributed by atoms with Gasteiger partial charge < -0.3 is 9.73 Å². The van der Waals surface area contributed by atoms with Crippen molar-refractivity contribution in [1.82, 2.24) is 4.72 Å². The number of fused-ring (bicyclic) bond motifs is 1. The van der Waals surface area contributed by atoms with E-state index in [-0.39, 0.29) is 15.4 Å². The Bertz CT molecular complexity index is 1460. The Hall–Kier alpha value is -3.82. The Labute approximate surface area is 189 Å². The zero-order valence-electron chi connectivity index (χ0n) is 16.6. The van der Waals surface area contributed by atoms with Crippen LogP contribution in [0, 0.1) is 0 Å². The maximum Gasteiger partial charge on any atom is 0.263 e. The molecule has 7 nitrogen and oxygen atoms in total. The lowest BCUT2D eigenvalue weighted by Crippen LogP contribution is -2.34. The number of benzene rings is 3. The van der Waals surface area contributed by atoms with Gasteiger partial charge in [-0.2, -0.15) is 0 Å². The lowest BCUT2D eigenvalue weighted by molar-refractivity contribution is 0.593. The first-order valence-electron chi connectivity index (χ1n) is 9.46. The van der Waals surface area contributed by atoms with Crippen LogP contribution in [0.1, 0.15) is 5.56 Å². The zero-order valence-corrected chi connectivity index (χ0v) is 18.2. The van der Waals surface area contributed by atoms with E-state index in [1.807, 2.05) is 6.07 Å². The molecule has 0 saturated heterocycles. The number of thiocarbonyl (C=S) groups is 1. The van der Waals surface area contributed by atoms with Gasteiger partial charge >= 0.3 is 0 Å². The summed E-state index contributed by atoms with van der Waals surface area (Å²) in [6.07, 6.45) is 2.73. The first kappa shape index (κ1) is 21.4. The molecule has 0 amide bonds. The minimum atomic E-state index is -3.87. The monoisotopic (exact) mass is 463 g/mol. The summed E-state index contributed by atoms with van der Waals surface area (Å²) < 4.78 is 32.9. The smallest absolute Gasteiger partial charge is 0.263 e. The number of aliphatic imine (C=N–C) groups is 1. The molecule has 32 heavy (non-hydrogen) atoms. The normalized spacial score (nSPS) is 11.5. The summed E-state index contributed by atoms with van der Waals surface area (Å²) in [5.74, 6) is 0. The van der Waals surface area contributed by atoms with E-state index in [0.717, 1.165) is 0 Å². The average Bonchev–Trinajstić information content (AvgIpc) is 2.79. The largest absolute Gasteiger partial charge is 0.463 e. The molecule has 0 aliphatic rings. The maximum absolute atomic E-state index is 12.6. The Morgan fingerprint density at radius 1 is 0.938 bits per heavy atom. The van der Waals surface area contributed by atoms with Gasteiger partial charge in [-0.3, -0.25) is 14.5 Å². The summed E-state index contributed by atoms with van der Waals surface area (Å²) >= 11 is 5.09. The molecule has 1 aromatic heterocycles. The van der Waals surface area contributed by atoms with Crippen LogP contribution in [0.3, 0.4) is 0 Å². The molecule has 0 unspecified atom stereocenters. The fourth-order valence-electron chi connectivity index (χ4n) is 2.90. The molecule has 4 rings (SSSR count). The molecule has 2 N–H and O–H groups in total. The Morgan fingerprint density at radius 3 is 2.38 bits per heavy atom. The van der Waals surface area contributed by atoms with Gasteiger partial charge in [0.15, 0.2) is 5.11 Å². The number of nitrogens with one attached hydrogen (secondary N) is 2. The van der Waals surface area contributed by atoms with Crippen molar-refractivity contribution in [2.45, 2.75) is 4.90 Å². The van der Waals surface area contributed by atoms with Crippen LogP contribution in [-0.2, 0) is 10.0 Å². The van der Waals surface area contributed by atoms with E-state index in [1.165, 1.54) is 36.7 Å². The van der Waals surface area contributed by atoms with E-state index in [0.29, 0.717) is 27.9 Å². The number of hydrogen-bond acceptors (Lipinski definition) is 6. The molecular weight excluding hydrogens is 446 g/mol. The predicted molar refractivity (Wildman–Crippen MR) is 129 cm³/mol. The average molecular weight is 464 g/mol. The SMILES string of the molecule is O=c1c(C=Nc2ccc(S(=O)(=O)NC(=S)Nc3ccccc3)cc2)coc2ccccc12. The first-order chi connectivity index (χ1) is 15.4. The summed E-state index contributed by atoms with van der Waals surface area (Å²) in [6.45, 7) is 0. The molecule has 0 aliphatic heterocycles. The van der Waals surface area contributed by atoms with Crippen LogP contribution in [0.5, 0.6) is 0 Å². The van der Waals surface area contributed by atoms with E-state index < -0.39 is 10.0 Å². The van der Waals surface area contributed by atoms with E-state index in [1.54, 1.807) is 48.5 Å². The van der Waals surface area contributed by atoms with Crippen LogP contribution in [0.25, 0.3) is 11.0 Å². The highest BCUT2D eigenvalue weighted by atomic mass is 32.2. The Balaban J connectivity index is 1.47. The van der Waals surface area contributed by atoms with Crippen LogP contribution in [0.4, 0.5) is 11.4 Å². The molecule has 0 spiro atoms. The molecule has 0 radical (unpaired) electrons. The lowest BCUT2D eigenvalue weighted by Gasteiger charge is -2.11. The second kappa shape index (κ2) is 9.13. The minimum absolute atomic E-state index is 0.0267. The third-order valence-electron chi connectivity index (χ3n) is 4.47. The van der Waals surface area contributed by atoms with Gasteiger partial charge in [0.1, 0.15) is 11.8 Å². The van der Waals surface area contributed by atoms with Gasteiger partial charge in [0.05, 0.1) is 21.5 Å². The van der Waals surface area contributed by atoms with Crippen molar-refractivity contribution in [2.75, 3.05) is 5.32 Å². The van der Waals surface area contributed by atoms with E-state index in [4.69, 9.17) is 16.6 Å². The van der Waals surface area contributed by atoms with Crippen LogP contribution in [0.2, 0.25) is 0 Å². The van der Waals surface area contributed by atoms with Crippen molar-refractivity contribution >= 4 is 55.9 Å². The van der Waals surface area contributed by atoms with Crippen molar-refractivity contribution in [2.24, 2.45) is 4.99 Å². The van der Waals surface area contributed by atoms with Gasteiger partial charge in [0.2, 0.25) is 5.43 Å². The number of sulfonamides is 1. The first-order valence-corrected chi connectivity index (χ1v) is 11.3. The maximum atomic E-state index is 12.6. The van der Waals surface area contributed by atoms with Crippen LogP contribution in [0.15, 0.2) is 104 Å².